The van der Waals surface area contributed by atoms with Crippen LogP contribution in [-0.2, 0) is 14.2 Å². The third kappa shape index (κ3) is 2.71. The molecule has 3 unspecified atom stereocenters. The molecule has 0 N–H and O–H groups in total. The third-order valence-corrected chi connectivity index (χ3v) is 12.8. The Kier molecular flexibility index (Phi) is 6.10. The number of hydrogen-bond donors (Lipinski definition) is 0. The summed E-state index contributed by atoms with van der Waals surface area (Å²) in [4.78, 5) is -2.56. The molecule has 0 spiro atoms. The average Bonchev–Trinajstić information content (AvgIpc) is 3.32. The topological polar surface area (TPSA) is 27.7 Å². The van der Waals surface area contributed by atoms with E-state index < -0.39 is 31.9 Å². The van der Waals surface area contributed by atoms with Crippen molar-refractivity contribution in [2.75, 3.05) is 14.2 Å². The lowest BCUT2D eigenvalue weighted by Gasteiger charge is -2.44. The largest absolute Gasteiger partial charge is 0.371 e. The summed E-state index contributed by atoms with van der Waals surface area (Å²) in [6, 6.07) is 0. The summed E-state index contributed by atoms with van der Waals surface area (Å²) < 4.78 is 18.6. The molecule has 4 aliphatic carbocycles. The number of benzene rings is 1. The SMILES string of the molecule is COC1(OC)[C@@]2(Cl)C(Cl)C(Cl)[C@]1(Cl)[C@H]1[C@@H]2[C@H]2c3c(Cl)c(Cl)c(Cl)c(Cl)c3[C@@H]1C2OC(C)(C)C. The van der Waals surface area contributed by atoms with Crippen molar-refractivity contribution in [3.05, 3.63) is 31.2 Å². The van der Waals surface area contributed by atoms with E-state index in [1.54, 1.807) is 0 Å². The van der Waals surface area contributed by atoms with Crippen molar-refractivity contribution < 1.29 is 14.2 Å². The first kappa shape index (κ1) is 26.0. The van der Waals surface area contributed by atoms with Gasteiger partial charge in [-0.25, -0.2) is 0 Å². The lowest BCUT2D eigenvalue weighted by molar-refractivity contribution is -0.227. The Labute approximate surface area is 233 Å². The molecule has 3 nitrogen and oxygen atoms in total. The van der Waals surface area contributed by atoms with E-state index in [4.69, 9.17) is 107 Å². The Morgan fingerprint density at radius 2 is 1.06 bits per heavy atom. The second-order valence-electron chi connectivity index (χ2n) is 10.2. The Morgan fingerprint density at radius 1 is 0.697 bits per heavy atom. The van der Waals surface area contributed by atoms with E-state index in [-0.39, 0.29) is 39.8 Å². The average molecular weight is 618 g/mol. The maximum Gasteiger partial charge on any atom is 0.210 e. The molecule has 0 radical (unpaired) electrons. The monoisotopic (exact) mass is 614 g/mol. The molecule has 0 aliphatic heterocycles. The van der Waals surface area contributed by atoms with Gasteiger partial charge in [-0.2, -0.15) is 0 Å². The normalized spacial score (nSPS) is 44.5. The van der Waals surface area contributed by atoms with Crippen LogP contribution in [0.2, 0.25) is 20.1 Å². The van der Waals surface area contributed by atoms with Gasteiger partial charge in [-0.05, 0) is 43.7 Å². The summed E-state index contributed by atoms with van der Waals surface area (Å²) in [5, 5.41) is -0.472. The summed E-state index contributed by atoms with van der Waals surface area (Å²) >= 11 is 55.3. The fraction of sp³-hybridized carbons (Fsp3) is 0.727. The second kappa shape index (κ2) is 7.73. The highest BCUT2D eigenvalue weighted by molar-refractivity contribution is 6.52. The van der Waals surface area contributed by atoms with Crippen LogP contribution in [0.15, 0.2) is 0 Å². The highest BCUT2D eigenvalue weighted by Crippen LogP contribution is 2.83. The van der Waals surface area contributed by atoms with Gasteiger partial charge in [0, 0.05) is 26.1 Å². The van der Waals surface area contributed by atoms with Gasteiger partial charge in [0.05, 0.1) is 42.5 Å². The zero-order valence-electron chi connectivity index (χ0n) is 18.3. The van der Waals surface area contributed by atoms with Crippen LogP contribution in [0.3, 0.4) is 0 Å². The first-order chi connectivity index (χ1) is 15.2. The first-order valence-electron chi connectivity index (χ1n) is 10.5. The quantitative estimate of drug-likeness (QED) is 0.113. The Bertz CT molecular complexity index is 971. The molecule has 0 aromatic heterocycles. The molecular formula is C22H22Cl8O3. The van der Waals surface area contributed by atoms with Crippen molar-refractivity contribution in [1.82, 2.24) is 0 Å². The summed E-state index contributed by atoms with van der Waals surface area (Å²) in [5.41, 5.74) is 1.05. The minimum Gasteiger partial charge on any atom is -0.371 e. The van der Waals surface area contributed by atoms with Crippen LogP contribution in [0.5, 0.6) is 0 Å². The standard InChI is InChI=1S/C22H22Cl8O3/c1-19(2,3)33-16-8-6-7(13(24)15(26)14(25)12(6)23)9(16)11-10(8)20(29)17(27)18(28)21(11,30)22(20,31-4)32-5/h8-11,16-18H,1-5H3/t8-,9+,10+,11-,16?,17?,18?,20+,21-. The lowest BCUT2D eigenvalue weighted by atomic mass is 9.68. The number of rotatable bonds is 3. The Hall–Kier alpha value is 1.42. The van der Waals surface area contributed by atoms with E-state index in [0.717, 1.165) is 11.1 Å². The van der Waals surface area contributed by atoms with Crippen molar-refractivity contribution in [1.29, 1.82) is 0 Å². The Morgan fingerprint density at radius 3 is 1.36 bits per heavy atom. The summed E-state index contributed by atoms with van der Waals surface area (Å²) in [7, 11) is 3.01. The van der Waals surface area contributed by atoms with Crippen molar-refractivity contribution >= 4 is 92.8 Å². The Balaban J connectivity index is 1.84. The third-order valence-electron chi connectivity index (χ3n) is 7.98. The van der Waals surface area contributed by atoms with Gasteiger partial charge >= 0.3 is 0 Å². The van der Waals surface area contributed by atoms with Crippen LogP contribution in [-0.4, -0.2) is 52.2 Å². The van der Waals surface area contributed by atoms with Gasteiger partial charge in [-0.1, -0.05) is 46.4 Å². The van der Waals surface area contributed by atoms with Gasteiger partial charge in [0.15, 0.2) is 0 Å². The van der Waals surface area contributed by atoms with E-state index >= 15 is 0 Å². The maximum absolute atomic E-state index is 7.47. The minimum absolute atomic E-state index is 0.190. The molecule has 0 saturated heterocycles. The predicted octanol–water partition coefficient (Wildman–Crippen LogP) is 8.10. The molecule has 33 heavy (non-hydrogen) atoms. The molecular weight excluding hydrogens is 596 g/mol. The van der Waals surface area contributed by atoms with E-state index in [0.29, 0.717) is 10.0 Å². The highest BCUT2D eigenvalue weighted by atomic mass is 35.5. The van der Waals surface area contributed by atoms with E-state index in [1.165, 1.54) is 14.2 Å². The number of fused-ring (bicyclic) bond motifs is 12. The first-order valence-corrected chi connectivity index (χ1v) is 13.6. The van der Waals surface area contributed by atoms with Crippen molar-refractivity contribution in [3.8, 4) is 0 Å². The van der Waals surface area contributed by atoms with Crippen LogP contribution >= 0.6 is 92.8 Å². The zero-order valence-corrected chi connectivity index (χ0v) is 24.3. The molecule has 1 aromatic rings. The second-order valence-corrected chi connectivity index (χ2v) is 13.9. The molecule has 11 heteroatoms. The minimum atomic E-state index is -1.46. The summed E-state index contributed by atoms with van der Waals surface area (Å²) in [6.07, 6.45) is -0.353. The van der Waals surface area contributed by atoms with Gasteiger partial charge in [-0.3, -0.25) is 0 Å². The molecule has 4 aliphatic rings. The summed E-state index contributed by atoms with van der Waals surface area (Å²) in [5.74, 6) is -2.81. The molecule has 1 aromatic carbocycles. The number of hydrogen-bond acceptors (Lipinski definition) is 3. The molecule has 3 fully saturated rings. The van der Waals surface area contributed by atoms with E-state index in [2.05, 4.69) is 0 Å². The number of methoxy groups -OCH3 is 2. The van der Waals surface area contributed by atoms with Gasteiger partial charge in [-0.15, -0.1) is 46.4 Å². The number of ether oxygens (including phenoxy) is 3. The van der Waals surface area contributed by atoms with Crippen molar-refractivity contribution in [2.45, 2.75) is 70.6 Å². The molecule has 0 heterocycles. The van der Waals surface area contributed by atoms with Crippen LogP contribution in [0.1, 0.15) is 43.7 Å². The fourth-order valence-corrected chi connectivity index (χ4v) is 11.0. The van der Waals surface area contributed by atoms with Crippen LogP contribution in [0.4, 0.5) is 0 Å². The zero-order chi connectivity index (χ0) is 24.6. The van der Waals surface area contributed by atoms with E-state index in [1.807, 2.05) is 20.8 Å². The van der Waals surface area contributed by atoms with Crippen LogP contribution in [0.25, 0.3) is 0 Å². The highest BCUT2D eigenvalue weighted by Gasteiger charge is 2.92. The van der Waals surface area contributed by atoms with Gasteiger partial charge in [0.2, 0.25) is 5.79 Å². The van der Waals surface area contributed by atoms with E-state index in [9.17, 15) is 0 Å². The van der Waals surface area contributed by atoms with Crippen molar-refractivity contribution in [3.63, 3.8) is 0 Å². The maximum atomic E-state index is 7.47. The van der Waals surface area contributed by atoms with Gasteiger partial charge < -0.3 is 14.2 Å². The predicted molar refractivity (Wildman–Crippen MR) is 137 cm³/mol. The molecule has 4 bridgehead atoms. The van der Waals surface area contributed by atoms with Crippen LogP contribution < -0.4 is 0 Å². The van der Waals surface area contributed by atoms with Gasteiger partial charge in [0.25, 0.3) is 0 Å². The number of alkyl halides is 4. The summed E-state index contributed by atoms with van der Waals surface area (Å²) in [6.45, 7) is 5.96. The van der Waals surface area contributed by atoms with Crippen LogP contribution in [0, 0.1) is 11.8 Å². The smallest absolute Gasteiger partial charge is 0.210 e. The molecule has 0 amide bonds. The lowest BCUT2D eigenvalue weighted by Crippen LogP contribution is -2.59. The molecule has 184 valence electrons. The number of halogens is 8. The van der Waals surface area contributed by atoms with Gasteiger partial charge in [0.1, 0.15) is 9.75 Å². The van der Waals surface area contributed by atoms with Crippen molar-refractivity contribution in [2.24, 2.45) is 11.8 Å². The molecule has 3 saturated carbocycles. The molecule has 9 atom stereocenters. The molecule has 5 rings (SSSR count). The fourth-order valence-electron chi connectivity index (χ4n) is 7.28.